The van der Waals surface area contributed by atoms with Gasteiger partial charge in [0.15, 0.2) is 0 Å². The summed E-state index contributed by atoms with van der Waals surface area (Å²) in [6, 6.07) is 4.91. The van der Waals surface area contributed by atoms with Gasteiger partial charge in [-0.3, -0.25) is 0 Å². The zero-order valence-electron chi connectivity index (χ0n) is 7.01. The third-order valence-corrected chi connectivity index (χ3v) is 2.43. The minimum Gasteiger partial charge on any atom is -0.341 e. The van der Waals surface area contributed by atoms with Crippen molar-refractivity contribution in [1.29, 1.82) is 5.26 Å². The fourth-order valence-corrected chi connectivity index (χ4v) is 1.55. The van der Waals surface area contributed by atoms with Gasteiger partial charge in [0.05, 0.1) is 28.0 Å². The topological polar surface area (TPSA) is 52.5 Å². The van der Waals surface area contributed by atoms with Crippen LogP contribution in [0.2, 0.25) is 0 Å². The van der Waals surface area contributed by atoms with Crippen LogP contribution in [0.3, 0.4) is 0 Å². The Morgan fingerprint density at radius 3 is 3.07 bits per heavy atom. The van der Waals surface area contributed by atoms with Crippen LogP contribution in [0.5, 0.6) is 0 Å². The van der Waals surface area contributed by atoms with Gasteiger partial charge in [0.1, 0.15) is 11.6 Å². The number of benzene rings is 1. The van der Waals surface area contributed by atoms with E-state index in [1.807, 2.05) is 6.07 Å². The zero-order chi connectivity index (χ0) is 10.1. The monoisotopic (exact) mass is 253 g/mol. The Kier molecular flexibility index (Phi) is 2.22. The second kappa shape index (κ2) is 3.39. The van der Waals surface area contributed by atoms with Crippen molar-refractivity contribution in [3.63, 3.8) is 0 Å². The molecule has 1 N–H and O–H groups in total. The molecule has 0 fully saturated rings. The van der Waals surface area contributed by atoms with E-state index in [0.29, 0.717) is 21.3 Å². The number of hydrogen-bond acceptors (Lipinski definition) is 2. The molecule has 0 aliphatic rings. The lowest BCUT2D eigenvalue weighted by molar-refractivity contribution is 0.623. The van der Waals surface area contributed by atoms with Crippen molar-refractivity contribution in [2.75, 3.05) is 0 Å². The van der Waals surface area contributed by atoms with Crippen LogP contribution in [0.1, 0.15) is 5.82 Å². The highest BCUT2D eigenvalue weighted by Gasteiger charge is 2.06. The molecule has 2 aromatic rings. The maximum Gasteiger partial charge on any atom is 0.139 e. The number of nitrogens with one attached hydrogen (secondary N) is 1. The molecule has 1 aromatic carbocycles. The van der Waals surface area contributed by atoms with E-state index < -0.39 is 0 Å². The van der Waals surface area contributed by atoms with Gasteiger partial charge in [-0.2, -0.15) is 5.26 Å². The Morgan fingerprint density at radius 2 is 2.36 bits per heavy atom. The molecule has 3 nitrogen and oxygen atoms in total. The Bertz CT molecular complexity index is 488. The second-order valence-electron chi connectivity index (χ2n) is 2.80. The fraction of sp³-hybridized carbons (Fsp3) is 0.111. The molecule has 0 aliphatic carbocycles. The highest BCUT2D eigenvalue weighted by atomic mass is 79.9. The van der Waals surface area contributed by atoms with Gasteiger partial charge in [0.25, 0.3) is 0 Å². The predicted octanol–water partition coefficient (Wildman–Crippen LogP) is 2.53. The van der Waals surface area contributed by atoms with Gasteiger partial charge in [-0.15, -0.1) is 0 Å². The van der Waals surface area contributed by atoms with Crippen molar-refractivity contribution in [2.24, 2.45) is 0 Å². The molecule has 0 bridgehead atoms. The Hall–Kier alpha value is -1.41. The number of nitriles is 1. The number of fused-ring (bicyclic) bond motifs is 1. The smallest absolute Gasteiger partial charge is 0.139 e. The molecule has 70 valence electrons. The quantitative estimate of drug-likeness (QED) is 0.850. The highest BCUT2D eigenvalue weighted by Crippen LogP contribution is 2.21. The average Bonchev–Trinajstić information content (AvgIpc) is 2.48. The molecular formula is C9H5BrFN3. The standard InChI is InChI=1S/C9H5BrFN3/c10-5-3-7-8(4-6(5)11)14-9(13-7)1-2-12/h3-4H,1H2,(H,13,14). The van der Waals surface area contributed by atoms with Crippen LogP contribution in [0.25, 0.3) is 11.0 Å². The first kappa shape index (κ1) is 9.16. The van der Waals surface area contributed by atoms with Crippen molar-refractivity contribution in [3.05, 3.63) is 28.2 Å². The molecule has 0 atom stereocenters. The Labute approximate surface area is 87.7 Å². The van der Waals surface area contributed by atoms with Gasteiger partial charge in [0.2, 0.25) is 0 Å². The van der Waals surface area contributed by atoms with Gasteiger partial charge < -0.3 is 4.98 Å². The number of imidazole rings is 1. The summed E-state index contributed by atoms with van der Waals surface area (Å²) < 4.78 is 13.5. The molecule has 0 radical (unpaired) electrons. The SMILES string of the molecule is N#CCc1nc2cc(Br)c(F)cc2[nH]1. The van der Waals surface area contributed by atoms with Crippen LogP contribution >= 0.6 is 15.9 Å². The van der Waals surface area contributed by atoms with Crippen LogP contribution < -0.4 is 0 Å². The molecule has 0 spiro atoms. The summed E-state index contributed by atoms with van der Waals surface area (Å²) in [5.41, 5.74) is 1.26. The van der Waals surface area contributed by atoms with Crippen LogP contribution in [0.15, 0.2) is 16.6 Å². The van der Waals surface area contributed by atoms with Gasteiger partial charge in [-0.25, -0.2) is 9.37 Å². The van der Waals surface area contributed by atoms with E-state index in [2.05, 4.69) is 25.9 Å². The number of aromatic nitrogens is 2. The van der Waals surface area contributed by atoms with Gasteiger partial charge in [-0.1, -0.05) is 0 Å². The summed E-state index contributed by atoms with van der Waals surface area (Å²) in [6.45, 7) is 0. The van der Waals surface area contributed by atoms with Crippen molar-refractivity contribution in [1.82, 2.24) is 9.97 Å². The molecule has 14 heavy (non-hydrogen) atoms. The van der Waals surface area contributed by atoms with Crippen LogP contribution in [0.4, 0.5) is 4.39 Å². The van der Waals surface area contributed by atoms with Crippen LogP contribution in [0, 0.1) is 17.1 Å². The van der Waals surface area contributed by atoms with Crippen LogP contribution in [-0.2, 0) is 6.42 Å². The van der Waals surface area contributed by atoms with Crippen molar-refractivity contribution >= 4 is 27.0 Å². The number of rotatable bonds is 1. The second-order valence-corrected chi connectivity index (χ2v) is 3.66. The van der Waals surface area contributed by atoms with E-state index in [4.69, 9.17) is 5.26 Å². The molecule has 5 heteroatoms. The fourth-order valence-electron chi connectivity index (χ4n) is 1.22. The van der Waals surface area contributed by atoms with E-state index >= 15 is 0 Å². The predicted molar refractivity (Wildman–Crippen MR) is 53.1 cm³/mol. The lowest BCUT2D eigenvalue weighted by Gasteiger charge is -1.92. The molecular weight excluding hydrogens is 249 g/mol. The summed E-state index contributed by atoms with van der Waals surface area (Å²) in [7, 11) is 0. The lowest BCUT2D eigenvalue weighted by Crippen LogP contribution is -1.82. The summed E-state index contributed by atoms with van der Waals surface area (Å²) in [4.78, 5) is 7.00. The summed E-state index contributed by atoms with van der Waals surface area (Å²) in [6.07, 6.45) is 0.202. The van der Waals surface area contributed by atoms with Gasteiger partial charge >= 0.3 is 0 Å². The zero-order valence-corrected chi connectivity index (χ0v) is 8.60. The molecule has 1 aromatic heterocycles. The lowest BCUT2D eigenvalue weighted by atomic mass is 10.3. The maximum atomic E-state index is 13.1. The number of hydrogen-bond donors (Lipinski definition) is 1. The number of nitrogens with zero attached hydrogens (tertiary/aromatic N) is 2. The molecule has 1 heterocycles. The first-order valence-corrected chi connectivity index (χ1v) is 4.70. The van der Waals surface area contributed by atoms with E-state index in [-0.39, 0.29) is 12.2 Å². The number of halogens is 2. The minimum absolute atomic E-state index is 0.202. The number of H-pyrrole nitrogens is 1. The van der Waals surface area contributed by atoms with E-state index in [1.54, 1.807) is 6.07 Å². The number of aromatic amines is 1. The minimum atomic E-state index is -0.343. The third-order valence-electron chi connectivity index (χ3n) is 1.82. The summed E-state index contributed by atoms with van der Waals surface area (Å²) >= 11 is 3.07. The van der Waals surface area contributed by atoms with Crippen LogP contribution in [-0.4, -0.2) is 9.97 Å². The first-order chi connectivity index (χ1) is 6.70. The largest absolute Gasteiger partial charge is 0.341 e. The van der Waals surface area contributed by atoms with Gasteiger partial charge in [0, 0.05) is 6.07 Å². The average molecular weight is 254 g/mol. The molecule has 0 saturated carbocycles. The van der Waals surface area contributed by atoms with Gasteiger partial charge in [-0.05, 0) is 22.0 Å². The van der Waals surface area contributed by atoms with Crippen molar-refractivity contribution in [2.45, 2.75) is 6.42 Å². The van der Waals surface area contributed by atoms with E-state index in [9.17, 15) is 4.39 Å². The van der Waals surface area contributed by atoms with Crippen molar-refractivity contribution in [3.8, 4) is 6.07 Å². The molecule has 2 rings (SSSR count). The molecule has 0 amide bonds. The first-order valence-electron chi connectivity index (χ1n) is 3.91. The van der Waals surface area contributed by atoms with E-state index in [0.717, 1.165) is 0 Å². The highest BCUT2D eigenvalue weighted by molar-refractivity contribution is 9.10. The summed E-state index contributed by atoms with van der Waals surface area (Å²) in [5.74, 6) is 0.213. The van der Waals surface area contributed by atoms with Crippen molar-refractivity contribution < 1.29 is 4.39 Å². The summed E-state index contributed by atoms with van der Waals surface area (Å²) in [5, 5.41) is 8.46. The molecule has 0 unspecified atom stereocenters. The maximum absolute atomic E-state index is 13.1. The molecule has 0 saturated heterocycles. The molecule has 0 aliphatic heterocycles. The Morgan fingerprint density at radius 1 is 1.57 bits per heavy atom. The third kappa shape index (κ3) is 1.49. The normalized spacial score (nSPS) is 10.4. The Balaban J connectivity index is 2.61. The van der Waals surface area contributed by atoms with E-state index in [1.165, 1.54) is 6.07 Å².